The topological polar surface area (TPSA) is 93.3 Å². The Kier molecular flexibility index (Phi) is 11.4. The summed E-state index contributed by atoms with van der Waals surface area (Å²) in [5, 5.41) is 3.99. The van der Waals surface area contributed by atoms with Gasteiger partial charge in [-0.25, -0.2) is 9.78 Å². The SMILES string of the molecule is CCCCCC(=O)Nc1ccc(Oc2ccc(-c3ccc(C(CC)c4ncc(-c5ccc(Cl)cc5Cl)[nH]4)cc3)cc2)cc1C(=O)OC. The Morgan fingerprint density at radius 3 is 2.23 bits per heavy atom. The lowest BCUT2D eigenvalue weighted by molar-refractivity contribution is -0.116. The number of benzene rings is 4. The molecule has 9 heteroatoms. The van der Waals surface area contributed by atoms with Crippen LogP contribution in [0, 0.1) is 0 Å². The van der Waals surface area contributed by atoms with Crippen LogP contribution in [0.2, 0.25) is 10.0 Å². The number of nitrogens with one attached hydrogen (secondary N) is 2. The normalized spacial score (nSPS) is 11.6. The van der Waals surface area contributed by atoms with Gasteiger partial charge in [0, 0.05) is 22.9 Å². The van der Waals surface area contributed by atoms with E-state index in [0.717, 1.165) is 59.5 Å². The lowest BCUT2D eigenvalue weighted by Crippen LogP contribution is -2.15. The van der Waals surface area contributed by atoms with E-state index in [-0.39, 0.29) is 17.4 Å². The van der Waals surface area contributed by atoms with Crippen molar-refractivity contribution in [3.05, 3.63) is 118 Å². The Balaban J connectivity index is 1.26. The highest BCUT2D eigenvalue weighted by Crippen LogP contribution is 2.34. The lowest BCUT2D eigenvalue weighted by Gasteiger charge is -2.14. The third-order valence-electron chi connectivity index (χ3n) is 7.97. The molecule has 0 fully saturated rings. The van der Waals surface area contributed by atoms with Gasteiger partial charge in [-0.05, 0) is 78.1 Å². The molecule has 0 aliphatic carbocycles. The minimum Gasteiger partial charge on any atom is -0.465 e. The number of amides is 1. The molecular weight excluding hydrogens is 633 g/mol. The number of carbonyl (C=O) groups excluding carboxylic acids is 2. The highest BCUT2D eigenvalue weighted by Gasteiger charge is 2.18. The fourth-order valence-electron chi connectivity index (χ4n) is 5.43. The standard InChI is InChI=1S/C38H37Cl2N3O4/c1-4-6-7-8-36(44)42-34-20-18-29(22-32(34)38(45)46-3)47-28-16-13-25(14-17-28)24-9-11-26(12-10-24)30(5-2)37-41-23-35(43-37)31-19-15-27(39)21-33(31)40/h9-23,30H,4-8H2,1-3H3,(H,41,43)(H,42,44). The molecule has 0 saturated carbocycles. The van der Waals surface area contributed by atoms with Crippen molar-refractivity contribution in [3.63, 3.8) is 0 Å². The summed E-state index contributed by atoms with van der Waals surface area (Å²) in [6.45, 7) is 4.22. The summed E-state index contributed by atoms with van der Waals surface area (Å²) >= 11 is 12.5. The third-order valence-corrected chi connectivity index (χ3v) is 8.52. The van der Waals surface area contributed by atoms with Gasteiger partial charge in [0.05, 0.1) is 35.3 Å². The van der Waals surface area contributed by atoms with Crippen molar-refractivity contribution in [2.75, 3.05) is 12.4 Å². The Morgan fingerprint density at radius 1 is 0.872 bits per heavy atom. The minimum absolute atomic E-state index is 0.0929. The summed E-state index contributed by atoms with van der Waals surface area (Å²) in [6, 6.07) is 26.6. The van der Waals surface area contributed by atoms with Gasteiger partial charge in [0.25, 0.3) is 0 Å². The van der Waals surface area contributed by atoms with E-state index in [9.17, 15) is 9.59 Å². The van der Waals surface area contributed by atoms with Crippen molar-refractivity contribution in [1.82, 2.24) is 9.97 Å². The number of aromatic amines is 1. The maximum absolute atomic E-state index is 12.5. The highest BCUT2D eigenvalue weighted by atomic mass is 35.5. The van der Waals surface area contributed by atoms with Gasteiger partial charge < -0.3 is 19.8 Å². The first-order chi connectivity index (χ1) is 22.8. The number of methoxy groups -OCH3 is 1. The number of halogens is 2. The van der Waals surface area contributed by atoms with Gasteiger partial charge in [-0.15, -0.1) is 0 Å². The summed E-state index contributed by atoms with van der Waals surface area (Å²) in [4.78, 5) is 33.0. The number of nitrogens with zero attached hydrogens (tertiary/aromatic N) is 1. The summed E-state index contributed by atoms with van der Waals surface area (Å²) in [5.41, 5.74) is 5.59. The molecule has 47 heavy (non-hydrogen) atoms. The van der Waals surface area contributed by atoms with Crippen molar-refractivity contribution in [3.8, 4) is 33.9 Å². The van der Waals surface area contributed by atoms with Crippen LogP contribution in [0.15, 0.2) is 91.1 Å². The van der Waals surface area contributed by atoms with Crippen LogP contribution in [-0.2, 0) is 9.53 Å². The summed E-state index contributed by atoms with van der Waals surface area (Å²) in [7, 11) is 1.31. The fourth-order valence-corrected chi connectivity index (χ4v) is 5.94. The molecule has 0 radical (unpaired) electrons. The third kappa shape index (κ3) is 8.42. The average Bonchev–Trinajstić information content (AvgIpc) is 3.55. The second kappa shape index (κ2) is 15.8. The second-order valence-corrected chi connectivity index (χ2v) is 12.1. The van der Waals surface area contributed by atoms with Crippen LogP contribution in [0.4, 0.5) is 5.69 Å². The van der Waals surface area contributed by atoms with Gasteiger partial charge in [0.1, 0.15) is 17.3 Å². The fraction of sp³-hybridized carbons (Fsp3) is 0.237. The largest absolute Gasteiger partial charge is 0.465 e. The van der Waals surface area contributed by atoms with Gasteiger partial charge in [0.15, 0.2) is 0 Å². The molecule has 7 nitrogen and oxygen atoms in total. The van der Waals surface area contributed by atoms with Crippen LogP contribution in [0.1, 0.15) is 73.6 Å². The van der Waals surface area contributed by atoms with Crippen molar-refractivity contribution in [2.45, 2.75) is 51.9 Å². The summed E-state index contributed by atoms with van der Waals surface area (Å²) in [6.07, 6.45) is 5.87. The molecule has 1 heterocycles. The molecule has 5 rings (SSSR count). The molecule has 1 aromatic heterocycles. The van der Waals surface area contributed by atoms with Crippen molar-refractivity contribution >= 4 is 40.8 Å². The number of hydrogen-bond donors (Lipinski definition) is 2. The molecule has 1 atom stereocenters. The maximum atomic E-state index is 12.5. The van der Waals surface area contributed by atoms with E-state index in [1.807, 2.05) is 42.6 Å². The molecule has 0 bridgehead atoms. The van der Waals surface area contributed by atoms with Crippen LogP contribution in [0.25, 0.3) is 22.4 Å². The summed E-state index contributed by atoms with van der Waals surface area (Å²) in [5.74, 6) is 1.34. The zero-order chi connectivity index (χ0) is 33.3. The molecule has 242 valence electrons. The van der Waals surface area contributed by atoms with Crippen LogP contribution in [0.5, 0.6) is 11.5 Å². The average molecular weight is 671 g/mol. The van der Waals surface area contributed by atoms with Crippen LogP contribution in [-0.4, -0.2) is 29.0 Å². The first-order valence-electron chi connectivity index (χ1n) is 15.7. The number of anilines is 1. The second-order valence-electron chi connectivity index (χ2n) is 11.2. The molecule has 0 aliphatic rings. The van der Waals surface area contributed by atoms with Gasteiger partial charge in [-0.3, -0.25) is 4.79 Å². The van der Waals surface area contributed by atoms with E-state index in [4.69, 9.17) is 32.7 Å². The number of esters is 1. The molecule has 2 N–H and O–H groups in total. The molecule has 0 aliphatic heterocycles. The molecule has 5 aromatic rings. The zero-order valence-electron chi connectivity index (χ0n) is 26.6. The molecule has 0 spiro atoms. The molecular formula is C38H37Cl2N3O4. The Hall–Kier alpha value is -4.59. The van der Waals surface area contributed by atoms with E-state index in [2.05, 4.69) is 53.4 Å². The number of rotatable bonds is 13. The van der Waals surface area contributed by atoms with E-state index in [1.54, 1.807) is 24.3 Å². The number of unbranched alkanes of at least 4 members (excludes halogenated alkanes) is 2. The number of H-pyrrole nitrogens is 1. The Morgan fingerprint density at radius 2 is 1.57 bits per heavy atom. The van der Waals surface area contributed by atoms with Crippen molar-refractivity contribution in [1.29, 1.82) is 0 Å². The zero-order valence-corrected chi connectivity index (χ0v) is 28.1. The van der Waals surface area contributed by atoms with Gasteiger partial charge >= 0.3 is 5.97 Å². The smallest absolute Gasteiger partial charge is 0.340 e. The number of aromatic nitrogens is 2. The van der Waals surface area contributed by atoms with E-state index in [1.165, 1.54) is 7.11 Å². The molecule has 4 aromatic carbocycles. The van der Waals surface area contributed by atoms with Crippen LogP contribution < -0.4 is 10.1 Å². The molecule has 1 unspecified atom stereocenters. The monoisotopic (exact) mass is 669 g/mol. The highest BCUT2D eigenvalue weighted by molar-refractivity contribution is 6.36. The quantitative estimate of drug-likeness (QED) is 0.0961. The number of hydrogen-bond acceptors (Lipinski definition) is 5. The van der Waals surface area contributed by atoms with Crippen molar-refractivity contribution in [2.24, 2.45) is 0 Å². The maximum Gasteiger partial charge on any atom is 0.340 e. The van der Waals surface area contributed by atoms with Crippen molar-refractivity contribution < 1.29 is 19.1 Å². The van der Waals surface area contributed by atoms with Gasteiger partial charge in [-0.2, -0.15) is 0 Å². The number of carbonyl (C=O) groups is 2. The van der Waals surface area contributed by atoms with E-state index in [0.29, 0.717) is 33.7 Å². The first kappa shape index (κ1) is 33.8. The lowest BCUT2D eigenvalue weighted by atomic mass is 9.93. The van der Waals surface area contributed by atoms with E-state index >= 15 is 0 Å². The van der Waals surface area contributed by atoms with Gasteiger partial charge in [0.2, 0.25) is 5.91 Å². The number of ether oxygens (including phenoxy) is 2. The molecule has 0 saturated heterocycles. The minimum atomic E-state index is -0.554. The first-order valence-corrected chi connectivity index (χ1v) is 16.5. The van der Waals surface area contributed by atoms with E-state index < -0.39 is 5.97 Å². The van der Waals surface area contributed by atoms with Crippen LogP contribution in [0.3, 0.4) is 0 Å². The molecule has 1 amide bonds. The van der Waals surface area contributed by atoms with Gasteiger partial charge in [-0.1, -0.05) is 86.3 Å². The predicted molar refractivity (Wildman–Crippen MR) is 189 cm³/mol. The predicted octanol–water partition coefficient (Wildman–Crippen LogP) is 10.7. The number of imidazole rings is 1. The van der Waals surface area contributed by atoms with Crippen LogP contribution >= 0.6 is 23.2 Å². The summed E-state index contributed by atoms with van der Waals surface area (Å²) < 4.78 is 11.0. The Labute approximate surface area is 285 Å². The Bertz CT molecular complexity index is 1840.